The van der Waals surface area contributed by atoms with Gasteiger partial charge in [-0.1, -0.05) is 18.2 Å². The second-order valence-corrected chi connectivity index (χ2v) is 6.92. The predicted octanol–water partition coefficient (Wildman–Crippen LogP) is 3.22. The van der Waals surface area contributed by atoms with Gasteiger partial charge in [-0.05, 0) is 33.6 Å². The van der Waals surface area contributed by atoms with Crippen LogP contribution < -0.4 is 0 Å². The zero-order valence-corrected chi connectivity index (χ0v) is 13.6. The summed E-state index contributed by atoms with van der Waals surface area (Å²) >= 11 is 0. The molecule has 0 amide bonds. The van der Waals surface area contributed by atoms with E-state index in [1.807, 2.05) is 0 Å². The van der Waals surface area contributed by atoms with Crippen molar-refractivity contribution in [3.05, 3.63) is 39.9 Å². The van der Waals surface area contributed by atoms with Gasteiger partial charge in [-0.2, -0.15) is 0 Å². The fraction of sp³-hybridized carbons (Fsp3) is 0.529. The minimum Gasteiger partial charge on any atom is -0.459 e. The van der Waals surface area contributed by atoms with Crippen molar-refractivity contribution in [1.29, 1.82) is 0 Å². The van der Waals surface area contributed by atoms with Crippen LogP contribution in [0.5, 0.6) is 0 Å². The van der Waals surface area contributed by atoms with Gasteiger partial charge >= 0.3 is 5.97 Å². The Kier molecular flexibility index (Phi) is 4.54. The molecule has 1 atom stereocenters. The maximum atomic E-state index is 12.7. The monoisotopic (exact) mass is 319 g/mol. The highest BCUT2D eigenvalue weighted by Crippen LogP contribution is 2.41. The van der Waals surface area contributed by atoms with Crippen LogP contribution in [0.2, 0.25) is 0 Å². The summed E-state index contributed by atoms with van der Waals surface area (Å²) < 4.78 is 5.44. The number of benzene rings is 1. The lowest BCUT2D eigenvalue weighted by molar-refractivity contribution is -0.385. The summed E-state index contributed by atoms with van der Waals surface area (Å²) in [7, 11) is 0. The van der Waals surface area contributed by atoms with Gasteiger partial charge in [0.05, 0.1) is 4.92 Å². The maximum absolute atomic E-state index is 12.7. The smallest absolute Gasteiger partial charge is 0.320 e. The van der Waals surface area contributed by atoms with Gasteiger partial charge in [0, 0.05) is 24.5 Å². The number of hydrogen-bond donors (Lipinski definition) is 0. The average Bonchev–Trinajstić information content (AvgIpc) is 2.80. The largest absolute Gasteiger partial charge is 0.459 e. The fourth-order valence-electron chi connectivity index (χ4n) is 2.94. The van der Waals surface area contributed by atoms with Crippen LogP contribution in [0.1, 0.15) is 45.6 Å². The van der Waals surface area contributed by atoms with Crippen molar-refractivity contribution >= 4 is 17.4 Å². The lowest BCUT2D eigenvalue weighted by Crippen LogP contribution is -2.42. The van der Waals surface area contributed by atoms with Crippen molar-refractivity contribution in [2.45, 2.75) is 52.1 Å². The van der Waals surface area contributed by atoms with Crippen LogP contribution in [0, 0.1) is 15.5 Å². The molecule has 0 aromatic heterocycles. The number of nitro groups is 1. The molecule has 1 aliphatic rings. The summed E-state index contributed by atoms with van der Waals surface area (Å²) in [5.41, 5.74) is -1.71. The highest BCUT2D eigenvalue weighted by atomic mass is 16.6. The molecule has 23 heavy (non-hydrogen) atoms. The Bertz CT molecular complexity index is 647. The van der Waals surface area contributed by atoms with Gasteiger partial charge in [0.1, 0.15) is 11.0 Å². The summed E-state index contributed by atoms with van der Waals surface area (Å²) in [6.45, 7) is 5.22. The maximum Gasteiger partial charge on any atom is 0.320 e. The first-order chi connectivity index (χ1) is 10.7. The SMILES string of the molecule is CC(C)(C)OC(=O)C1(Cc2ccccc2[N+](=O)[O-])CCCC1=O. The Hall–Kier alpha value is -2.24. The van der Waals surface area contributed by atoms with Crippen LogP contribution in [0.3, 0.4) is 0 Å². The van der Waals surface area contributed by atoms with E-state index in [1.54, 1.807) is 39.0 Å². The van der Waals surface area contributed by atoms with Gasteiger partial charge in [-0.3, -0.25) is 19.7 Å². The van der Waals surface area contributed by atoms with Crippen molar-refractivity contribution in [3.8, 4) is 0 Å². The molecule has 0 radical (unpaired) electrons. The molecule has 6 heteroatoms. The summed E-state index contributed by atoms with van der Waals surface area (Å²) in [6, 6.07) is 6.22. The van der Waals surface area contributed by atoms with Crippen LogP contribution in [0.15, 0.2) is 24.3 Å². The molecule has 1 saturated carbocycles. The van der Waals surface area contributed by atoms with E-state index < -0.39 is 21.9 Å². The number of ether oxygens (including phenoxy) is 1. The normalized spacial score (nSPS) is 21.3. The molecule has 0 N–H and O–H groups in total. The van der Waals surface area contributed by atoms with Crippen molar-refractivity contribution in [2.24, 2.45) is 5.41 Å². The van der Waals surface area contributed by atoms with Crippen LogP contribution in [0.25, 0.3) is 0 Å². The fourth-order valence-corrected chi connectivity index (χ4v) is 2.94. The number of nitro benzene ring substituents is 1. The molecule has 1 aliphatic carbocycles. The standard InChI is InChI=1S/C17H21NO5/c1-16(2,3)23-15(20)17(10-6-9-14(17)19)11-12-7-4-5-8-13(12)18(21)22/h4-5,7-8H,6,9-11H2,1-3H3. The van der Waals surface area contributed by atoms with Crippen molar-refractivity contribution in [1.82, 2.24) is 0 Å². The average molecular weight is 319 g/mol. The van der Waals surface area contributed by atoms with Crippen molar-refractivity contribution in [3.63, 3.8) is 0 Å². The van der Waals surface area contributed by atoms with Gasteiger partial charge in [0.2, 0.25) is 0 Å². The van der Waals surface area contributed by atoms with Gasteiger partial charge < -0.3 is 4.74 Å². The lowest BCUT2D eigenvalue weighted by Gasteiger charge is -2.30. The number of para-hydroxylation sites is 1. The zero-order chi connectivity index (χ0) is 17.3. The summed E-state index contributed by atoms with van der Waals surface area (Å²) in [6.07, 6.45) is 1.28. The van der Waals surface area contributed by atoms with E-state index >= 15 is 0 Å². The second kappa shape index (κ2) is 6.10. The molecule has 124 valence electrons. The van der Waals surface area contributed by atoms with E-state index in [0.717, 1.165) is 0 Å². The van der Waals surface area contributed by atoms with Crippen LogP contribution >= 0.6 is 0 Å². The van der Waals surface area contributed by atoms with E-state index in [-0.39, 0.29) is 17.9 Å². The molecule has 6 nitrogen and oxygen atoms in total. The number of carbonyl (C=O) groups is 2. The molecule has 1 fully saturated rings. The molecule has 1 aromatic rings. The summed E-state index contributed by atoms with van der Waals surface area (Å²) in [5.74, 6) is -0.768. The van der Waals surface area contributed by atoms with Gasteiger partial charge in [-0.15, -0.1) is 0 Å². The number of rotatable bonds is 4. The van der Waals surface area contributed by atoms with Gasteiger partial charge in [0.15, 0.2) is 5.78 Å². The number of ketones is 1. The molecule has 0 bridgehead atoms. The Balaban J connectivity index is 2.40. The van der Waals surface area contributed by atoms with E-state index in [4.69, 9.17) is 4.74 Å². The van der Waals surface area contributed by atoms with E-state index in [9.17, 15) is 19.7 Å². The number of esters is 1. The molecule has 2 rings (SSSR count). The first-order valence-electron chi connectivity index (χ1n) is 7.65. The first kappa shape index (κ1) is 17.1. The lowest BCUT2D eigenvalue weighted by atomic mass is 9.78. The molecule has 0 spiro atoms. The molecule has 1 aromatic carbocycles. The minimum absolute atomic E-state index is 0.0118. The third-order valence-corrected chi connectivity index (χ3v) is 4.01. The zero-order valence-electron chi connectivity index (χ0n) is 13.6. The quantitative estimate of drug-likeness (QED) is 0.368. The first-order valence-corrected chi connectivity index (χ1v) is 7.65. The highest BCUT2D eigenvalue weighted by molar-refractivity contribution is 6.05. The summed E-state index contributed by atoms with van der Waals surface area (Å²) in [4.78, 5) is 35.8. The molecule has 0 saturated heterocycles. The van der Waals surface area contributed by atoms with Gasteiger partial charge in [0.25, 0.3) is 5.69 Å². The number of carbonyl (C=O) groups excluding carboxylic acids is 2. The Morgan fingerprint density at radius 1 is 1.35 bits per heavy atom. The van der Waals surface area contributed by atoms with E-state index in [2.05, 4.69) is 0 Å². The molecular weight excluding hydrogens is 298 g/mol. The third kappa shape index (κ3) is 3.57. The summed E-state index contributed by atoms with van der Waals surface area (Å²) in [5, 5.41) is 11.2. The molecule has 0 aliphatic heterocycles. The molecule has 0 heterocycles. The van der Waals surface area contributed by atoms with Gasteiger partial charge in [-0.25, -0.2) is 0 Å². The number of hydrogen-bond acceptors (Lipinski definition) is 5. The highest BCUT2D eigenvalue weighted by Gasteiger charge is 2.51. The Morgan fingerprint density at radius 3 is 2.52 bits per heavy atom. The van der Waals surface area contributed by atoms with Crippen molar-refractivity contribution < 1.29 is 19.2 Å². The minimum atomic E-state index is -1.31. The number of Topliss-reactive ketones (excluding diaryl/α,β-unsaturated/α-hetero) is 1. The van der Waals surface area contributed by atoms with E-state index in [0.29, 0.717) is 24.8 Å². The van der Waals surface area contributed by atoms with Crippen LogP contribution in [-0.2, 0) is 20.7 Å². The Morgan fingerprint density at radius 2 is 2.00 bits per heavy atom. The third-order valence-electron chi connectivity index (χ3n) is 4.01. The van der Waals surface area contributed by atoms with Crippen LogP contribution in [-0.4, -0.2) is 22.3 Å². The Labute approximate surface area is 135 Å². The predicted molar refractivity (Wildman–Crippen MR) is 83.9 cm³/mol. The topological polar surface area (TPSA) is 86.5 Å². The van der Waals surface area contributed by atoms with Crippen molar-refractivity contribution in [2.75, 3.05) is 0 Å². The number of nitrogens with zero attached hydrogens (tertiary/aromatic N) is 1. The van der Waals surface area contributed by atoms with E-state index in [1.165, 1.54) is 6.07 Å². The second-order valence-electron chi connectivity index (χ2n) is 6.92. The molecule has 1 unspecified atom stereocenters. The van der Waals surface area contributed by atoms with Crippen LogP contribution in [0.4, 0.5) is 5.69 Å². The molecular formula is C17H21NO5.